The third-order valence-corrected chi connectivity index (χ3v) is 4.61. The second kappa shape index (κ2) is 9.19. The number of rotatable bonds is 4. The van der Waals surface area contributed by atoms with E-state index in [9.17, 15) is 0 Å². The quantitative estimate of drug-likeness (QED) is 0.903. The lowest BCUT2D eigenvalue weighted by molar-refractivity contribution is 0.156. The molecule has 2 heterocycles. The molecule has 1 aromatic heterocycles. The van der Waals surface area contributed by atoms with E-state index in [-0.39, 0.29) is 24.8 Å². The van der Waals surface area contributed by atoms with E-state index in [1.165, 1.54) is 25.1 Å². The summed E-state index contributed by atoms with van der Waals surface area (Å²) in [7, 11) is 0. The van der Waals surface area contributed by atoms with E-state index in [0.29, 0.717) is 6.04 Å². The van der Waals surface area contributed by atoms with Gasteiger partial charge in [-0.25, -0.2) is 0 Å². The Hall–Kier alpha value is 0.200. The number of hydrogen-bond donors (Lipinski definition) is 1. The fourth-order valence-electron chi connectivity index (χ4n) is 2.59. The highest BCUT2D eigenvalue weighted by Crippen LogP contribution is 2.33. The van der Waals surface area contributed by atoms with Crippen LogP contribution < -0.4 is 5.32 Å². The van der Waals surface area contributed by atoms with Crippen LogP contribution >= 0.6 is 36.2 Å². The Kier molecular flexibility index (Phi) is 9.29. The van der Waals surface area contributed by atoms with Gasteiger partial charge in [-0.05, 0) is 36.3 Å². The van der Waals surface area contributed by atoms with E-state index >= 15 is 0 Å². The van der Waals surface area contributed by atoms with Crippen molar-refractivity contribution in [3.63, 3.8) is 0 Å². The second-order valence-corrected chi connectivity index (χ2v) is 6.35. The number of halogens is 2. The molecule has 0 bridgehead atoms. The molecular weight excluding hydrogens is 299 g/mol. The zero-order valence-corrected chi connectivity index (χ0v) is 14.5. The maximum atomic E-state index is 3.44. The van der Waals surface area contributed by atoms with Gasteiger partial charge in [0.2, 0.25) is 0 Å². The first-order valence-electron chi connectivity index (χ1n) is 6.67. The molecule has 1 aromatic rings. The number of thiophene rings is 1. The van der Waals surface area contributed by atoms with E-state index in [2.05, 4.69) is 42.4 Å². The van der Waals surface area contributed by atoms with Crippen molar-refractivity contribution in [2.45, 2.75) is 33.2 Å². The molecular formula is C14H26Cl2N2S. The molecule has 0 radical (unpaired) electrons. The van der Waals surface area contributed by atoms with Gasteiger partial charge in [0.05, 0.1) is 0 Å². The Morgan fingerprint density at radius 2 is 1.89 bits per heavy atom. The SMILES string of the molecule is Cc1ccsc1[C@H](CC(C)C)N1CCNCC1.Cl.Cl. The van der Waals surface area contributed by atoms with E-state index in [0.717, 1.165) is 19.0 Å². The smallest absolute Gasteiger partial charge is 0.0447 e. The summed E-state index contributed by atoms with van der Waals surface area (Å²) in [5.41, 5.74) is 1.47. The Bertz CT molecular complexity index is 349. The molecule has 1 N–H and O–H groups in total. The summed E-state index contributed by atoms with van der Waals surface area (Å²) in [6.45, 7) is 11.6. The molecule has 112 valence electrons. The van der Waals surface area contributed by atoms with Crippen molar-refractivity contribution in [2.24, 2.45) is 5.92 Å². The largest absolute Gasteiger partial charge is 0.314 e. The fraction of sp³-hybridized carbons (Fsp3) is 0.714. The number of hydrogen-bond acceptors (Lipinski definition) is 3. The van der Waals surface area contributed by atoms with Crippen molar-refractivity contribution in [1.29, 1.82) is 0 Å². The molecule has 19 heavy (non-hydrogen) atoms. The normalized spacial score (nSPS) is 17.7. The minimum Gasteiger partial charge on any atom is -0.314 e. The van der Waals surface area contributed by atoms with Crippen molar-refractivity contribution in [3.8, 4) is 0 Å². The van der Waals surface area contributed by atoms with Gasteiger partial charge in [-0.1, -0.05) is 13.8 Å². The lowest BCUT2D eigenvalue weighted by Crippen LogP contribution is -2.45. The highest BCUT2D eigenvalue weighted by Gasteiger charge is 2.24. The number of aryl methyl sites for hydroxylation is 1. The van der Waals surface area contributed by atoms with Gasteiger partial charge >= 0.3 is 0 Å². The maximum absolute atomic E-state index is 3.44. The number of nitrogens with one attached hydrogen (secondary N) is 1. The van der Waals surface area contributed by atoms with Crippen LogP contribution in [0.3, 0.4) is 0 Å². The van der Waals surface area contributed by atoms with E-state index in [1.807, 2.05) is 11.3 Å². The van der Waals surface area contributed by atoms with Gasteiger partial charge in [-0.3, -0.25) is 4.90 Å². The lowest BCUT2D eigenvalue weighted by atomic mass is 9.98. The van der Waals surface area contributed by atoms with Crippen LogP contribution in [0.15, 0.2) is 11.4 Å². The van der Waals surface area contributed by atoms with Gasteiger partial charge in [-0.2, -0.15) is 0 Å². The maximum Gasteiger partial charge on any atom is 0.0447 e. The van der Waals surface area contributed by atoms with Crippen LogP contribution in [-0.4, -0.2) is 31.1 Å². The van der Waals surface area contributed by atoms with Gasteiger partial charge < -0.3 is 5.32 Å². The Balaban J connectivity index is 0.00000162. The molecule has 2 rings (SSSR count). The lowest BCUT2D eigenvalue weighted by Gasteiger charge is -2.35. The van der Waals surface area contributed by atoms with Crippen LogP contribution in [0, 0.1) is 12.8 Å². The summed E-state index contributed by atoms with van der Waals surface area (Å²) in [5, 5.41) is 5.68. The molecule has 1 aliphatic rings. The van der Waals surface area contributed by atoms with Crippen molar-refractivity contribution in [3.05, 3.63) is 21.9 Å². The number of nitrogens with zero attached hydrogens (tertiary/aromatic N) is 1. The minimum atomic E-state index is 0. The van der Waals surface area contributed by atoms with Crippen LogP contribution in [0.25, 0.3) is 0 Å². The first-order valence-corrected chi connectivity index (χ1v) is 7.55. The Morgan fingerprint density at radius 3 is 2.37 bits per heavy atom. The minimum absolute atomic E-state index is 0. The molecule has 0 saturated carbocycles. The molecule has 1 atom stereocenters. The van der Waals surface area contributed by atoms with Crippen LogP contribution in [0.1, 0.15) is 36.8 Å². The van der Waals surface area contributed by atoms with Crippen molar-refractivity contribution in [1.82, 2.24) is 10.2 Å². The van der Waals surface area contributed by atoms with E-state index < -0.39 is 0 Å². The summed E-state index contributed by atoms with van der Waals surface area (Å²) in [6.07, 6.45) is 1.28. The molecule has 5 heteroatoms. The van der Waals surface area contributed by atoms with Gasteiger partial charge in [0.15, 0.2) is 0 Å². The van der Waals surface area contributed by atoms with Gasteiger partial charge in [0, 0.05) is 37.1 Å². The van der Waals surface area contributed by atoms with Crippen LogP contribution in [-0.2, 0) is 0 Å². The van der Waals surface area contributed by atoms with Crippen molar-refractivity contribution < 1.29 is 0 Å². The standard InChI is InChI=1S/C14H24N2S.2ClH/c1-11(2)10-13(14-12(3)4-9-17-14)16-7-5-15-6-8-16;;/h4,9,11,13,15H,5-8,10H2,1-3H3;2*1H/t13-;;/m0../s1. The third kappa shape index (κ3) is 5.24. The molecule has 1 saturated heterocycles. The van der Waals surface area contributed by atoms with E-state index in [1.54, 1.807) is 4.88 Å². The third-order valence-electron chi connectivity index (χ3n) is 3.49. The highest BCUT2D eigenvalue weighted by atomic mass is 35.5. The van der Waals surface area contributed by atoms with Gasteiger partial charge in [0.25, 0.3) is 0 Å². The molecule has 0 spiro atoms. The molecule has 2 nitrogen and oxygen atoms in total. The van der Waals surface area contributed by atoms with Crippen molar-refractivity contribution >= 4 is 36.2 Å². The van der Waals surface area contributed by atoms with Gasteiger partial charge in [0.1, 0.15) is 0 Å². The highest BCUT2D eigenvalue weighted by molar-refractivity contribution is 7.10. The Morgan fingerprint density at radius 1 is 1.26 bits per heavy atom. The van der Waals surface area contributed by atoms with Crippen LogP contribution in [0.5, 0.6) is 0 Å². The topological polar surface area (TPSA) is 15.3 Å². The fourth-order valence-corrected chi connectivity index (χ4v) is 3.66. The molecule has 0 unspecified atom stereocenters. The Labute approximate surface area is 133 Å². The average Bonchev–Trinajstić information content (AvgIpc) is 2.73. The van der Waals surface area contributed by atoms with Crippen LogP contribution in [0.2, 0.25) is 0 Å². The predicted octanol–water partition coefficient (Wildman–Crippen LogP) is 3.89. The summed E-state index contributed by atoms with van der Waals surface area (Å²) >= 11 is 1.93. The summed E-state index contributed by atoms with van der Waals surface area (Å²) in [6, 6.07) is 2.90. The average molecular weight is 325 g/mol. The zero-order valence-electron chi connectivity index (χ0n) is 12.0. The van der Waals surface area contributed by atoms with Gasteiger partial charge in [-0.15, -0.1) is 36.2 Å². The monoisotopic (exact) mass is 324 g/mol. The predicted molar refractivity (Wildman–Crippen MR) is 90.2 cm³/mol. The second-order valence-electron chi connectivity index (χ2n) is 5.40. The zero-order chi connectivity index (χ0) is 12.3. The summed E-state index contributed by atoms with van der Waals surface area (Å²) < 4.78 is 0. The molecule has 1 aliphatic heterocycles. The van der Waals surface area contributed by atoms with Crippen LogP contribution in [0.4, 0.5) is 0 Å². The first-order chi connectivity index (χ1) is 8.18. The molecule has 0 aliphatic carbocycles. The molecule has 0 aromatic carbocycles. The van der Waals surface area contributed by atoms with E-state index in [4.69, 9.17) is 0 Å². The van der Waals surface area contributed by atoms with Crippen molar-refractivity contribution in [2.75, 3.05) is 26.2 Å². The summed E-state index contributed by atoms with van der Waals surface area (Å²) in [4.78, 5) is 4.25. The number of piperazine rings is 1. The summed E-state index contributed by atoms with van der Waals surface area (Å²) in [5.74, 6) is 0.761. The molecule has 1 fully saturated rings. The first kappa shape index (κ1) is 19.2. The molecule has 0 amide bonds.